The number of aromatic nitrogens is 2. The molecule has 0 bridgehead atoms. The minimum Gasteiger partial charge on any atom is -0.461 e. The highest BCUT2D eigenvalue weighted by Gasteiger charge is 2.50. The van der Waals surface area contributed by atoms with Gasteiger partial charge in [0.2, 0.25) is 5.13 Å². The lowest BCUT2D eigenvalue weighted by Crippen LogP contribution is -2.44. The number of amides is 1. The standard InChI is InChI=1S/C19H15F3N4O3S/c1-10-13(7-14(29-10)12-5-3-4-11(6-12)9-23)16(27)25-17-24-15(26-30-17)8-18(2,28)19(20,21)22/h3-7,28H,8H2,1-2H3,(H,24,25,26,27). The van der Waals surface area contributed by atoms with Crippen LogP contribution in [0.5, 0.6) is 0 Å². The number of benzene rings is 1. The Bertz CT molecular complexity index is 1130. The van der Waals surface area contributed by atoms with E-state index in [2.05, 4.69) is 14.7 Å². The molecule has 0 saturated carbocycles. The summed E-state index contributed by atoms with van der Waals surface area (Å²) in [5.41, 5.74) is -1.73. The smallest absolute Gasteiger partial charge is 0.417 e. The van der Waals surface area contributed by atoms with Crippen molar-refractivity contribution in [3.8, 4) is 17.4 Å². The van der Waals surface area contributed by atoms with Gasteiger partial charge in [0, 0.05) is 23.5 Å². The van der Waals surface area contributed by atoms with Crippen LogP contribution in [-0.2, 0) is 6.42 Å². The molecule has 156 valence electrons. The van der Waals surface area contributed by atoms with Gasteiger partial charge in [-0.1, -0.05) is 12.1 Å². The molecule has 0 aliphatic carbocycles. The average Bonchev–Trinajstić information content (AvgIpc) is 3.26. The predicted octanol–water partition coefficient (Wildman–Crippen LogP) is 4.09. The summed E-state index contributed by atoms with van der Waals surface area (Å²) in [4.78, 5) is 16.4. The van der Waals surface area contributed by atoms with E-state index in [1.807, 2.05) is 6.07 Å². The molecule has 2 aromatic heterocycles. The fourth-order valence-electron chi connectivity index (χ4n) is 2.54. The number of carbonyl (C=O) groups excluding carboxylic acids is 1. The second kappa shape index (κ2) is 7.89. The van der Waals surface area contributed by atoms with Crippen molar-refractivity contribution >= 4 is 22.6 Å². The van der Waals surface area contributed by atoms with Crippen LogP contribution in [0, 0.1) is 18.3 Å². The van der Waals surface area contributed by atoms with Crippen LogP contribution >= 0.6 is 11.5 Å². The lowest BCUT2D eigenvalue weighted by atomic mass is 10.0. The Balaban J connectivity index is 1.75. The molecule has 30 heavy (non-hydrogen) atoms. The number of halogens is 3. The number of hydrogen-bond acceptors (Lipinski definition) is 7. The van der Waals surface area contributed by atoms with Crippen molar-refractivity contribution in [3.63, 3.8) is 0 Å². The van der Waals surface area contributed by atoms with Crippen LogP contribution < -0.4 is 5.32 Å². The molecule has 1 atom stereocenters. The highest BCUT2D eigenvalue weighted by Crippen LogP contribution is 2.33. The molecule has 1 unspecified atom stereocenters. The highest BCUT2D eigenvalue weighted by molar-refractivity contribution is 7.09. The Morgan fingerprint density at radius 2 is 2.10 bits per heavy atom. The zero-order valence-electron chi connectivity index (χ0n) is 15.7. The fourth-order valence-corrected chi connectivity index (χ4v) is 3.12. The minimum atomic E-state index is -4.84. The third kappa shape index (κ3) is 4.50. The van der Waals surface area contributed by atoms with Crippen molar-refractivity contribution in [2.24, 2.45) is 0 Å². The third-order valence-electron chi connectivity index (χ3n) is 4.24. The van der Waals surface area contributed by atoms with E-state index in [0.29, 0.717) is 41.1 Å². The van der Waals surface area contributed by atoms with E-state index in [9.17, 15) is 23.1 Å². The van der Waals surface area contributed by atoms with Crippen molar-refractivity contribution in [2.75, 3.05) is 5.32 Å². The van der Waals surface area contributed by atoms with Crippen LogP contribution in [-0.4, -0.2) is 32.1 Å². The van der Waals surface area contributed by atoms with Gasteiger partial charge in [0.15, 0.2) is 5.60 Å². The van der Waals surface area contributed by atoms with Gasteiger partial charge < -0.3 is 9.52 Å². The van der Waals surface area contributed by atoms with E-state index in [0.717, 1.165) is 0 Å². The molecule has 3 rings (SSSR count). The summed E-state index contributed by atoms with van der Waals surface area (Å²) < 4.78 is 47.7. The van der Waals surface area contributed by atoms with Crippen LogP contribution in [0.2, 0.25) is 0 Å². The van der Waals surface area contributed by atoms with Gasteiger partial charge in [-0.25, -0.2) is 4.98 Å². The Morgan fingerprint density at radius 1 is 1.37 bits per heavy atom. The molecule has 3 aromatic rings. The van der Waals surface area contributed by atoms with E-state index in [1.165, 1.54) is 6.07 Å². The maximum absolute atomic E-state index is 12.8. The molecule has 0 radical (unpaired) electrons. The molecule has 0 aliphatic rings. The number of nitrogens with zero attached hydrogens (tertiary/aromatic N) is 3. The first-order valence-corrected chi connectivity index (χ1v) is 9.31. The summed E-state index contributed by atoms with van der Waals surface area (Å²) in [5, 5.41) is 21.0. The third-order valence-corrected chi connectivity index (χ3v) is 4.91. The molecule has 2 N–H and O–H groups in total. The summed E-state index contributed by atoms with van der Waals surface area (Å²) in [6.07, 6.45) is -5.68. The Labute approximate surface area is 173 Å². The van der Waals surface area contributed by atoms with Crippen molar-refractivity contribution in [2.45, 2.75) is 32.0 Å². The molecule has 0 fully saturated rings. The Morgan fingerprint density at radius 3 is 2.77 bits per heavy atom. The number of furan rings is 1. The zero-order valence-corrected chi connectivity index (χ0v) is 16.6. The van der Waals surface area contributed by atoms with Crippen LogP contribution in [0.3, 0.4) is 0 Å². The second-order valence-electron chi connectivity index (χ2n) is 6.69. The zero-order chi connectivity index (χ0) is 22.1. The normalized spacial score (nSPS) is 13.5. The number of aliphatic hydroxyl groups is 1. The number of hydrogen-bond donors (Lipinski definition) is 2. The Kier molecular flexibility index (Phi) is 5.65. The molecule has 1 amide bonds. The lowest BCUT2D eigenvalue weighted by molar-refractivity contribution is -0.252. The molecule has 7 nitrogen and oxygen atoms in total. The van der Waals surface area contributed by atoms with Crippen molar-refractivity contribution in [1.29, 1.82) is 5.26 Å². The fraction of sp³-hybridized carbons (Fsp3) is 0.263. The van der Waals surface area contributed by atoms with Gasteiger partial charge in [-0.3, -0.25) is 10.1 Å². The largest absolute Gasteiger partial charge is 0.461 e. The van der Waals surface area contributed by atoms with Gasteiger partial charge in [-0.2, -0.15) is 22.8 Å². The van der Waals surface area contributed by atoms with Gasteiger partial charge in [-0.15, -0.1) is 0 Å². The second-order valence-corrected chi connectivity index (χ2v) is 7.44. The maximum atomic E-state index is 12.8. The van der Waals surface area contributed by atoms with E-state index >= 15 is 0 Å². The minimum absolute atomic E-state index is 0.0124. The quantitative estimate of drug-likeness (QED) is 0.623. The van der Waals surface area contributed by atoms with Crippen molar-refractivity contribution < 1.29 is 27.5 Å². The van der Waals surface area contributed by atoms with Gasteiger partial charge in [0.05, 0.1) is 17.2 Å². The summed E-state index contributed by atoms with van der Waals surface area (Å²) in [5.74, 6) is -0.122. The number of alkyl halides is 3. The summed E-state index contributed by atoms with van der Waals surface area (Å²) in [6, 6.07) is 10.2. The number of nitriles is 1. The summed E-state index contributed by atoms with van der Waals surface area (Å²) in [6.45, 7) is 2.21. The predicted molar refractivity (Wildman–Crippen MR) is 102 cm³/mol. The SMILES string of the molecule is Cc1oc(-c2cccc(C#N)c2)cc1C(=O)Nc1nc(CC(C)(O)C(F)(F)F)ns1. The van der Waals surface area contributed by atoms with Gasteiger partial charge >= 0.3 is 6.18 Å². The van der Waals surface area contributed by atoms with Crippen molar-refractivity contribution in [3.05, 3.63) is 53.0 Å². The van der Waals surface area contributed by atoms with Gasteiger partial charge in [0.25, 0.3) is 5.91 Å². The van der Waals surface area contributed by atoms with E-state index < -0.39 is 24.1 Å². The highest BCUT2D eigenvalue weighted by atomic mass is 32.1. The Hall–Kier alpha value is -3.23. The summed E-state index contributed by atoms with van der Waals surface area (Å²) >= 11 is 0.700. The van der Waals surface area contributed by atoms with Crippen LogP contribution in [0.4, 0.5) is 18.3 Å². The van der Waals surface area contributed by atoms with Crippen LogP contribution in [0.25, 0.3) is 11.3 Å². The number of carbonyl (C=O) groups is 1. The molecule has 2 heterocycles. The average molecular weight is 436 g/mol. The van der Waals surface area contributed by atoms with Gasteiger partial charge in [0.1, 0.15) is 17.3 Å². The first-order chi connectivity index (χ1) is 14.0. The molecular formula is C19H15F3N4O3S. The summed E-state index contributed by atoms with van der Waals surface area (Å²) in [7, 11) is 0. The topological polar surface area (TPSA) is 112 Å². The maximum Gasteiger partial charge on any atom is 0.417 e. The number of nitrogens with one attached hydrogen (secondary N) is 1. The lowest BCUT2D eigenvalue weighted by Gasteiger charge is -2.24. The molecule has 0 aliphatic heterocycles. The van der Waals surface area contributed by atoms with Crippen molar-refractivity contribution in [1.82, 2.24) is 9.36 Å². The van der Waals surface area contributed by atoms with E-state index in [-0.39, 0.29) is 16.5 Å². The van der Waals surface area contributed by atoms with E-state index in [4.69, 9.17) is 9.68 Å². The molecule has 0 saturated heterocycles. The first-order valence-electron chi connectivity index (χ1n) is 8.54. The molecule has 1 aromatic carbocycles. The number of rotatable bonds is 5. The first kappa shape index (κ1) is 21.5. The monoisotopic (exact) mass is 436 g/mol. The molecule has 0 spiro atoms. The number of aryl methyl sites for hydroxylation is 1. The molecular weight excluding hydrogens is 421 g/mol. The van der Waals surface area contributed by atoms with E-state index in [1.54, 1.807) is 31.2 Å². The van der Waals surface area contributed by atoms with Crippen LogP contribution in [0.1, 0.15) is 34.4 Å². The van der Waals surface area contributed by atoms with Gasteiger partial charge in [-0.05, 0) is 32.0 Å². The molecule has 11 heteroatoms. The number of anilines is 1. The van der Waals surface area contributed by atoms with Crippen LogP contribution in [0.15, 0.2) is 34.7 Å².